The van der Waals surface area contributed by atoms with Gasteiger partial charge in [-0.3, -0.25) is 14.4 Å². The molecule has 8 heteroatoms. The maximum absolute atomic E-state index is 12.2. The van der Waals surface area contributed by atoms with E-state index < -0.39 is 26.3 Å². The maximum Gasteiger partial charge on any atom is 0.285 e. The van der Waals surface area contributed by atoms with Crippen molar-refractivity contribution in [1.29, 1.82) is 0 Å². The lowest BCUT2D eigenvalue weighted by Gasteiger charge is -2.28. The average molecular weight is 358 g/mol. The smallest absolute Gasteiger partial charge is 0.266 e. The van der Waals surface area contributed by atoms with Crippen LogP contribution >= 0.6 is 10.7 Å². The highest BCUT2D eigenvalue weighted by atomic mass is 35.7. The number of rotatable bonds is 5. The molecule has 1 saturated carbocycles. The van der Waals surface area contributed by atoms with Crippen molar-refractivity contribution < 1.29 is 22.8 Å². The number of halogens is 1. The van der Waals surface area contributed by atoms with Gasteiger partial charge in [-0.05, 0) is 25.0 Å². The molecule has 0 saturated heterocycles. The molecule has 1 fully saturated rings. The normalized spacial score (nSPS) is 20.1. The zero-order chi connectivity index (χ0) is 16.7. The third-order valence-corrected chi connectivity index (χ3v) is 5.68. The zero-order valence-electron chi connectivity index (χ0n) is 12.3. The van der Waals surface area contributed by atoms with E-state index in [9.17, 15) is 18.0 Å². The van der Waals surface area contributed by atoms with E-state index in [1.54, 1.807) is 24.3 Å². The quantitative estimate of drug-likeness (QED) is 0.596. The first kappa shape index (κ1) is 16.4. The van der Waals surface area contributed by atoms with Gasteiger partial charge in [0.25, 0.3) is 11.8 Å². The van der Waals surface area contributed by atoms with E-state index in [0.29, 0.717) is 24.0 Å². The van der Waals surface area contributed by atoms with Crippen LogP contribution in [0.4, 0.5) is 0 Å². The second-order valence-corrected chi connectivity index (χ2v) is 8.89. The SMILES string of the molecule is O=C1c2ccccc2C(=O)N1OCC1(CS(=O)(=O)Cl)CCCC1. The molecule has 1 aromatic carbocycles. The molecule has 23 heavy (non-hydrogen) atoms. The van der Waals surface area contributed by atoms with Crippen LogP contribution < -0.4 is 0 Å². The largest absolute Gasteiger partial charge is 0.285 e. The van der Waals surface area contributed by atoms with E-state index in [0.717, 1.165) is 17.9 Å². The molecule has 0 unspecified atom stereocenters. The monoisotopic (exact) mass is 357 g/mol. The van der Waals surface area contributed by atoms with Gasteiger partial charge in [-0.1, -0.05) is 25.0 Å². The first-order valence-electron chi connectivity index (χ1n) is 7.34. The molecule has 124 valence electrons. The molecule has 1 aliphatic heterocycles. The molecule has 0 aromatic heterocycles. The number of nitrogens with zero attached hydrogens (tertiary/aromatic N) is 1. The van der Waals surface area contributed by atoms with Crippen LogP contribution in [0.3, 0.4) is 0 Å². The number of hydrogen-bond donors (Lipinski definition) is 0. The third-order valence-electron chi connectivity index (χ3n) is 4.40. The number of imide groups is 1. The maximum atomic E-state index is 12.2. The van der Waals surface area contributed by atoms with Crippen molar-refractivity contribution in [3.8, 4) is 0 Å². The Hall–Kier alpha value is -1.44. The molecule has 0 atom stereocenters. The Kier molecular flexibility index (Phi) is 4.20. The fourth-order valence-electron chi connectivity index (χ4n) is 3.31. The van der Waals surface area contributed by atoms with Crippen LogP contribution in [0.2, 0.25) is 0 Å². The Morgan fingerprint density at radius 1 is 1.09 bits per heavy atom. The minimum Gasteiger partial charge on any atom is -0.266 e. The highest BCUT2D eigenvalue weighted by Crippen LogP contribution is 2.40. The van der Waals surface area contributed by atoms with Gasteiger partial charge in [-0.25, -0.2) is 8.42 Å². The van der Waals surface area contributed by atoms with E-state index >= 15 is 0 Å². The molecule has 6 nitrogen and oxygen atoms in total. The Balaban J connectivity index is 1.75. The highest BCUT2D eigenvalue weighted by Gasteiger charge is 2.42. The fraction of sp³-hybridized carbons (Fsp3) is 0.467. The molecular weight excluding hydrogens is 342 g/mol. The number of fused-ring (bicyclic) bond motifs is 1. The van der Waals surface area contributed by atoms with Gasteiger partial charge in [0.2, 0.25) is 9.05 Å². The summed E-state index contributed by atoms with van der Waals surface area (Å²) in [6, 6.07) is 6.47. The molecule has 0 radical (unpaired) electrons. The van der Waals surface area contributed by atoms with Crippen molar-refractivity contribution in [3.63, 3.8) is 0 Å². The summed E-state index contributed by atoms with van der Waals surface area (Å²) < 4.78 is 22.9. The lowest BCUT2D eigenvalue weighted by atomic mass is 9.90. The van der Waals surface area contributed by atoms with E-state index in [4.69, 9.17) is 15.5 Å². The Morgan fingerprint density at radius 2 is 1.61 bits per heavy atom. The highest BCUT2D eigenvalue weighted by molar-refractivity contribution is 8.13. The second kappa shape index (κ2) is 5.89. The van der Waals surface area contributed by atoms with Crippen molar-refractivity contribution in [2.45, 2.75) is 25.7 Å². The van der Waals surface area contributed by atoms with Crippen LogP contribution in [0.15, 0.2) is 24.3 Å². The van der Waals surface area contributed by atoms with Crippen LogP contribution in [0, 0.1) is 5.41 Å². The lowest BCUT2D eigenvalue weighted by Crippen LogP contribution is -2.38. The third kappa shape index (κ3) is 3.27. The fourth-order valence-corrected chi connectivity index (χ4v) is 5.10. The molecule has 2 aliphatic rings. The Bertz CT molecular complexity index is 720. The summed E-state index contributed by atoms with van der Waals surface area (Å²) in [6.45, 7) is -0.0234. The minimum atomic E-state index is -3.69. The number of carbonyl (C=O) groups excluding carboxylic acids is 2. The Morgan fingerprint density at radius 3 is 2.09 bits per heavy atom. The molecule has 2 amide bonds. The van der Waals surface area contributed by atoms with Crippen molar-refractivity contribution in [2.24, 2.45) is 5.41 Å². The molecule has 1 heterocycles. The van der Waals surface area contributed by atoms with Gasteiger partial charge in [0.15, 0.2) is 0 Å². The molecule has 3 rings (SSSR count). The molecule has 1 aliphatic carbocycles. The Labute approximate surface area is 138 Å². The predicted molar refractivity (Wildman–Crippen MR) is 83.4 cm³/mol. The lowest BCUT2D eigenvalue weighted by molar-refractivity contribution is -0.116. The van der Waals surface area contributed by atoms with Crippen LogP contribution in [-0.2, 0) is 13.9 Å². The van der Waals surface area contributed by atoms with Crippen molar-refractivity contribution in [2.75, 3.05) is 12.4 Å². The number of benzene rings is 1. The van der Waals surface area contributed by atoms with Crippen LogP contribution in [0.5, 0.6) is 0 Å². The van der Waals surface area contributed by atoms with Crippen LogP contribution in [0.25, 0.3) is 0 Å². The topological polar surface area (TPSA) is 80.8 Å². The molecule has 0 spiro atoms. The first-order valence-corrected chi connectivity index (χ1v) is 9.82. The minimum absolute atomic E-state index is 0.0234. The summed E-state index contributed by atoms with van der Waals surface area (Å²) in [7, 11) is 1.71. The van der Waals surface area contributed by atoms with Gasteiger partial charge in [-0.2, -0.15) is 0 Å². The summed E-state index contributed by atoms with van der Waals surface area (Å²) in [5, 5.41) is 0.728. The van der Waals surface area contributed by atoms with Gasteiger partial charge in [0, 0.05) is 16.1 Å². The van der Waals surface area contributed by atoms with Crippen molar-refractivity contribution in [3.05, 3.63) is 35.4 Å². The van der Waals surface area contributed by atoms with E-state index in [2.05, 4.69) is 0 Å². The summed E-state index contributed by atoms with van der Waals surface area (Å²) in [5.74, 6) is -1.26. The average Bonchev–Trinajstić information content (AvgIpc) is 3.02. The van der Waals surface area contributed by atoms with Crippen molar-refractivity contribution >= 4 is 31.5 Å². The second-order valence-electron chi connectivity index (χ2n) is 6.11. The summed E-state index contributed by atoms with van der Waals surface area (Å²) >= 11 is 0. The van der Waals surface area contributed by atoms with Gasteiger partial charge < -0.3 is 0 Å². The predicted octanol–water partition coefficient (Wildman–Crippen LogP) is 2.34. The molecule has 0 N–H and O–H groups in total. The zero-order valence-corrected chi connectivity index (χ0v) is 13.9. The number of hydroxylamine groups is 2. The van der Waals surface area contributed by atoms with Gasteiger partial charge in [0.1, 0.15) is 0 Å². The van der Waals surface area contributed by atoms with Crippen LogP contribution in [-0.4, -0.2) is 37.7 Å². The van der Waals surface area contributed by atoms with Gasteiger partial charge in [0.05, 0.1) is 23.5 Å². The van der Waals surface area contributed by atoms with E-state index in [-0.39, 0.29) is 12.4 Å². The van der Waals surface area contributed by atoms with Crippen LogP contribution in [0.1, 0.15) is 46.4 Å². The summed E-state index contributed by atoms with van der Waals surface area (Å²) in [6.07, 6.45) is 3.03. The molecular formula is C15H16ClNO5S. The number of amides is 2. The summed E-state index contributed by atoms with van der Waals surface area (Å²) in [4.78, 5) is 29.9. The standard InChI is InChI=1S/C15H16ClNO5S/c16-23(20,21)10-15(7-3-4-8-15)9-22-17-13(18)11-5-1-2-6-12(11)14(17)19/h1-2,5-6H,3-4,7-10H2. The molecule has 0 bridgehead atoms. The van der Waals surface area contributed by atoms with Gasteiger partial charge in [-0.15, -0.1) is 5.06 Å². The van der Waals surface area contributed by atoms with Crippen molar-refractivity contribution in [1.82, 2.24) is 5.06 Å². The van der Waals surface area contributed by atoms with E-state index in [1.165, 1.54) is 0 Å². The van der Waals surface area contributed by atoms with E-state index in [1.807, 2.05) is 0 Å². The number of carbonyl (C=O) groups is 2. The number of hydrogen-bond acceptors (Lipinski definition) is 5. The summed E-state index contributed by atoms with van der Waals surface area (Å²) in [5.41, 5.74) is -0.0542. The molecule has 1 aromatic rings. The van der Waals surface area contributed by atoms with Gasteiger partial charge >= 0.3 is 0 Å². The first-order chi connectivity index (χ1) is 10.8.